The quantitative estimate of drug-likeness (QED) is 0.639. The van der Waals surface area contributed by atoms with E-state index in [4.69, 9.17) is 10.8 Å². The van der Waals surface area contributed by atoms with E-state index in [-0.39, 0.29) is 0 Å². The summed E-state index contributed by atoms with van der Waals surface area (Å²) >= 11 is 0. The van der Waals surface area contributed by atoms with E-state index in [0.29, 0.717) is 0 Å². The van der Waals surface area contributed by atoms with Crippen LogP contribution in [0.2, 0.25) is 0 Å². The maximum absolute atomic E-state index is 5.58. The number of nitrogens with zero attached hydrogens (tertiary/aromatic N) is 4. The number of hydrogen-bond acceptors (Lipinski definition) is 5. The topological polar surface area (TPSA) is 81.7 Å². The highest BCUT2D eigenvalue weighted by Crippen LogP contribution is 2.29. The molecule has 3 N–H and O–H groups in total. The Morgan fingerprint density at radius 1 is 1.37 bits per heavy atom. The molecule has 0 fully saturated rings. The van der Waals surface area contributed by atoms with E-state index >= 15 is 0 Å². The second-order valence-corrected chi connectivity index (χ2v) is 4.84. The molecule has 2 heterocycles. The van der Waals surface area contributed by atoms with Gasteiger partial charge in [-0.3, -0.25) is 4.68 Å². The predicted octanol–water partition coefficient (Wildman–Crippen LogP) is 1.21. The van der Waals surface area contributed by atoms with E-state index in [1.165, 1.54) is 0 Å². The van der Waals surface area contributed by atoms with Crippen molar-refractivity contribution in [2.24, 2.45) is 12.9 Å². The molecule has 6 heteroatoms. The van der Waals surface area contributed by atoms with E-state index < -0.39 is 0 Å². The average molecular weight is 258 g/mol. The maximum Gasteiger partial charge on any atom is 0.165 e. The molecule has 2 aromatic heterocycles. The minimum Gasteiger partial charge on any atom is -0.308 e. The highest BCUT2D eigenvalue weighted by Gasteiger charge is 2.21. The zero-order valence-corrected chi connectivity index (χ0v) is 11.3. The van der Waals surface area contributed by atoms with Crippen molar-refractivity contribution in [2.45, 2.75) is 32.6 Å². The smallest absolute Gasteiger partial charge is 0.165 e. The van der Waals surface area contributed by atoms with Crippen LogP contribution in [0.25, 0.3) is 11.4 Å². The fourth-order valence-electron chi connectivity index (χ4n) is 2.65. The van der Waals surface area contributed by atoms with Crippen LogP contribution in [0.5, 0.6) is 0 Å². The van der Waals surface area contributed by atoms with Crippen LogP contribution >= 0.6 is 0 Å². The Kier molecular flexibility index (Phi) is 2.94. The number of rotatable bonds is 3. The van der Waals surface area contributed by atoms with Crippen molar-refractivity contribution >= 4 is 5.82 Å². The van der Waals surface area contributed by atoms with Crippen molar-refractivity contribution in [3.05, 3.63) is 23.1 Å². The van der Waals surface area contributed by atoms with Gasteiger partial charge in [0, 0.05) is 24.5 Å². The lowest BCUT2D eigenvalue weighted by Gasteiger charge is -2.08. The lowest BCUT2D eigenvalue weighted by Crippen LogP contribution is -2.13. The van der Waals surface area contributed by atoms with Crippen molar-refractivity contribution in [3.63, 3.8) is 0 Å². The molecule has 0 atom stereocenters. The van der Waals surface area contributed by atoms with Crippen LogP contribution in [0.3, 0.4) is 0 Å². The van der Waals surface area contributed by atoms with E-state index in [1.807, 2.05) is 13.2 Å². The molecule has 6 nitrogen and oxygen atoms in total. The Bertz CT molecular complexity index is 616. The van der Waals surface area contributed by atoms with Crippen LogP contribution in [0, 0.1) is 0 Å². The molecule has 0 amide bonds. The summed E-state index contributed by atoms with van der Waals surface area (Å²) in [6.45, 7) is 2.08. The summed E-state index contributed by atoms with van der Waals surface area (Å²) in [5, 5.41) is 4.44. The fourth-order valence-corrected chi connectivity index (χ4v) is 2.65. The molecule has 3 rings (SSSR count). The molecule has 0 unspecified atom stereocenters. The first kappa shape index (κ1) is 12.1. The van der Waals surface area contributed by atoms with E-state index in [0.717, 1.165) is 59.8 Å². The number of nitrogen functional groups attached to an aromatic ring is 1. The summed E-state index contributed by atoms with van der Waals surface area (Å²) in [6, 6.07) is 0. The third-order valence-corrected chi connectivity index (χ3v) is 3.55. The number of aryl methyl sites for hydroxylation is 3. The number of hydrogen-bond donors (Lipinski definition) is 2. The molecule has 0 bridgehead atoms. The van der Waals surface area contributed by atoms with Gasteiger partial charge in [-0.2, -0.15) is 5.10 Å². The standard InChI is InChI=1S/C13H18N6/c1-3-10-9(7-19(2)18-10)12-15-11-6-4-5-8(11)13(16-12)17-14/h7H,3-6,14H2,1-2H3,(H,15,16,17). The first-order valence-corrected chi connectivity index (χ1v) is 6.62. The molecule has 100 valence electrons. The average Bonchev–Trinajstić information content (AvgIpc) is 3.02. The van der Waals surface area contributed by atoms with Gasteiger partial charge in [-0.1, -0.05) is 6.92 Å². The summed E-state index contributed by atoms with van der Waals surface area (Å²) in [4.78, 5) is 9.25. The SMILES string of the molecule is CCc1nn(C)cc1-c1nc2c(c(NN)n1)CCC2. The van der Waals surface area contributed by atoms with Crippen molar-refractivity contribution in [2.75, 3.05) is 5.43 Å². The second kappa shape index (κ2) is 4.62. The number of nitrogens with two attached hydrogens (primary N) is 1. The highest BCUT2D eigenvalue weighted by atomic mass is 15.3. The van der Waals surface area contributed by atoms with Gasteiger partial charge in [0.05, 0.1) is 11.3 Å². The zero-order chi connectivity index (χ0) is 13.4. The molecule has 0 saturated heterocycles. The highest BCUT2D eigenvalue weighted by molar-refractivity contribution is 5.62. The molecule has 0 spiro atoms. The fraction of sp³-hybridized carbons (Fsp3) is 0.462. The summed E-state index contributed by atoms with van der Waals surface area (Å²) in [5.74, 6) is 7.06. The van der Waals surface area contributed by atoms with Gasteiger partial charge in [-0.25, -0.2) is 15.8 Å². The van der Waals surface area contributed by atoms with Crippen LogP contribution in [0.4, 0.5) is 5.82 Å². The lowest BCUT2D eigenvalue weighted by atomic mass is 10.1. The molecule has 19 heavy (non-hydrogen) atoms. The van der Waals surface area contributed by atoms with Crippen LogP contribution in [-0.2, 0) is 26.3 Å². The van der Waals surface area contributed by atoms with Crippen molar-refractivity contribution < 1.29 is 0 Å². The van der Waals surface area contributed by atoms with Gasteiger partial charge in [-0.15, -0.1) is 0 Å². The number of aromatic nitrogens is 4. The lowest BCUT2D eigenvalue weighted by molar-refractivity contribution is 0.746. The van der Waals surface area contributed by atoms with Gasteiger partial charge < -0.3 is 5.43 Å². The zero-order valence-electron chi connectivity index (χ0n) is 11.3. The molecular formula is C13H18N6. The number of hydrazine groups is 1. The molecule has 0 aliphatic heterocycles. The summed E-state index contributed by atoms with van der Waals surface area (Å²) in [5.41, 5.74) is 6.99. The van der Waals surface area contributed by atoms with Crippen LogP contribution in [0.1, 0.15) is 30.3 Å². The summed E-state index contributed by atoms with van der Waals surface area (Å²) < 4.78 is 1.81. The molecule has 0 saturated carbocycles. The van der Waals surface area contributed by atoms with E-state index in [1.54, 1.807) is 4.68 Å². The Hall–Kier alpha value is -1.95. The molecule has 1 aliphatic carbocycles. The van der Waals surface area contributed by atoms with E-state index in [9.17, 15) is 0 Å². The first-order valence-electron chi connectivity index (χ1n) is 6.62. The third-order valence-electron chi connectivity index (χ3n) is 3.55. The molecule has 2 aromatic rings. The third kappa shape index (κ3) is 1.98. The normalized spacial score (nSPS) is 13.6. The Labute approximate surface area is 112 Å². The van der Waals surface area contributed by atoms with Gasteiger partial charge in [0.2, 0.25) is 0 Å². The van der Waals surface area contributed by atoms with Crippen molar-refractivity contribution in [1.29, 1.82) is 0 Å². The first-order chi connectivity index (χ1) is 9.22. The Morgan fingerprint density at radius 2 is 2.21 bits per heavy atom. The van der Waals surface area contributed by atoms with Crippen LogP contribution < -0.4 is 11.3 Å². The van der Waals surface area contributed by atoms with Gasteiger partial charge in [0.25, 0.3) is 0 Å². The number of anilines is 1. The predicted molar refractivity (Wildman–Crippen MR) is 73.4 cm³/mol. The van der Waals surface area contributed by atoms with Crippen LogP contribution in [-0.4, -0.2) is 19.7 Å². The minimum absolute atomic E-state index is 0.721. The number of fused-ring (bicyclic) bond motifs is 1. The molecule has 0 aromatic carbocycles. The molecular weight excluding hydrogens is 240 g/mol. The summed E-state index contributed by atoms with van der Waals surface area (Å²) in [6.07, 6.45) is 5.96. The largest absolute Gasteiger partial charge is 0.308 e. The second-order valence-electron chi connectivity index (χ2n) is 4.84. The monoisotopic (exact) mass is 258 g/mol. The van der Waals surface area contributed by atoms with Gasteiger partial charge in [0.1, 0.15) is 5.82 Å². The van der Waals surface area contributed by atoms with Crippen LogP contribution in [0.15, 0.2) is 6.20 Å². The van der Waals surface area contributed by atoms with Gasteiger partial charge in [0.15, 0.2) is 5.82 Å². The van der Waals surface area contributed by atoms with Gasteiger partial charge in [-0.05, 0) is 25.7 Å². The van der Waals surface area contributed by atoms with E-state index in [2.05, 4.69) is 22.4 Å². The van der Waals surface area contributed by atoms with Crippen molar-refractivity contribution in [1.82, 2.24) is 19.7 Å². The molecule has 0 radical (unpaired) electrons. The Morgan fingerprint density at radius 3 is 2.95 bits per heavy atom. The number of nitrogens with one attached hydrogen (secondary N) is 1. The van der Waals surface area contributed by atoms with Crippen molar-refractivity contribution in [3.8, 4) is 11.4 Å². The van der Waals surface area contributed by atoms with Gasteiger partial charge >= 0.3 is 0 Å². The maximum atomic E-state index is 5.58. The minimum atomic E-state index is 0.721. The summed E-state index contributed by atoms with van der Waals surface area (Å²) in [7, 11) is 1.91. The molecule has 1 aliphatic rings. The Balaban J connectivity index is 2.15.